The topological polar surface area (TPSA) is 74.4 Å². The van der Waals surface area contributed by atoms with Gasteiger partial charge in [-0.1, -0.05) is 15.9 Å². The van der Waals surface area contributed by atoms with Crippen molar-refractivity contribution >= 4 is 15.9 Å². The number of ether oxygens (including phenoxy) is 1. The van der Waals surface area contributed by atoms with E-state index in [0.717, 1.165) is 9.37 Å². The lowest BCUT2D eigenvalue weighted by molar-refractivity contribution is -0.903. The van der Waals surface area contributed by atoms with Gasteiger partial charge in [-0.15, -0.1) is 0 Å². The van der Waals surface area contributed by atoms with Gasteiger partial charge in [-0.05, 0) is 24.3 Å². The molecule has 1 aromatic rings. The second kappa shape index (κ2) is 9.28. The molecule has 0 bridgehead atoms. The van der Waals surface area contributed by atoms with E-state index in [1.807, 2.05) is 24.3 Å². The molecule has 0 radical (unpaired) electrons. The van der Waals surface area contributed by atoms with Crippen LogP contribution >= 0.6 is 15.9 Å². The Morgan fingerprint density at radius 3 is 2.21 bits per heavy atom. The lowest BCUT2D eigenvalue weighted by atomic mass is 10.3. The minimum atomic E-state index is -0.628. The van der Waals surface area contributed by atoms with E-state index in [2.05, 4.69) is 15.9 Å². The molecule has 0 fully saturated rings. The molecule has 0 spiro atoms. The number of quaternary nitrogens is 1. The monoisotopic (exact) mass is 334 g/mol. The van der Waals surface area contributed by atoms with Crippen LogP contribution in [0.15, 0.2) is 28.7 Å². The number of nitrogens with one attached hydrogen (secondary N) is 1. The predicted octanol–water partition coefficient (Wildman–Crippen LogP) is -0.942. The van der Waals surface area contributed by atoms with Crippen molar-refractivity contribution in [2.45, 2.75) is 6.10 Å². The molecule has 1 atom stereocenters. The van der Waals surface area contributed by atoms with Crippen molar-refractivity contribution in [2.24, 2.45) is 0 Å². The van der Waals surface area contributed by atoms with Crippen molar-refractivity contribution in [3.05, 3.63) is 28.7 Å². The number of hydrogen-bond acceptors (Lipinski definition) is 4. The summed E-state index contributed by atoms with van der Waals surface area (Å²) >= 11 is 3.34. The quantitative estimate of drug-likeness (QED) is 0.470. The largest absolute Gasteiger partial charge is 0.491 e. The summed E-state index contributed by atoms with van der Waals surface area (Å²) in [4.78, 5) is 0.955. The molecule has 1 aromatic carbocycles. The first-order valence-electron chi connectivity index (χ1n) is 6.27. The number of aliphatic hydroxyl groups is 3. The Morgan fingerprint density at radius 2 is 1.68 bits per heavy atom. The minimum Gasteiger partial charge on any atom is -0.491 e. The van der Waals surface area contributed by atoms with Crippen molar-refractivity contribution in [1.82, 2.24) is 0 Å². The van der Waals surface area contributed by atoms with Crippen LogP contribution < -0.4 is 9.64 Å². The maximum atomic E-state index is 9.87. The number of hydrogen-bond donors (Lipinski definition) is 4. The first kappa shape index (κ1) is 16.4. The normalized spacial score (nSPS) is 12.7. The van der Waals surface area contributed by atoms with E-state index in [4.69, 9.17) is 14.9 Å². The number of aliphatic hydroxyl groups excluding tert-OH is 3. The average Bonchev–Trinajstić information content (AvgIpc) is 2.39. The van der Waals surface area contributed by atoms with Crippen molar-refractivity contribution in [2.75, 3.05) is 39.5 Å². The molecule has 1 unspecified atom stereocenters. The molecule has 0 heterocycles. The molecule has 108 valence electrons. The fourth-order valence-corrected chi connectivity index (χ4v) is 2.03. The highest BCUT2D eigenvalue weighted by Gasteiger charge is 2.14. The molecule has 0 aliphatic rings. The van der Waals surface area contributed by atoms with Gasteiger partial charge in [0.25, 0.3) is 0 Å². The lowest BCUT2D eigenvalue weighted by Gasteiger charge is -2.20. The first-order chi connectivity index (χ1) is 9.15. The SMILES string of the molecule is OCC[NH+](CCO)CC(O)COc1ccc(Br)cc1. The van der Waals surface area contributed by atoms with Gasteiger partial charge in [-0.25, -0.2) is 0 Å². The summed E-state index contributed by atoms with van der Waals surface area (Å²) in [7, 11) is 0. The van der Waals surface area contributed by atoms with Gasteiger partial charge in [-0.3, -0.25) is 0 Å². The van der Waals surface area contributed by atoms with Crippen LogP contribution in [0, 0.1) is 0 Å². The molecule has 0 saturated carbocycles. The molecule has 0 saturated heterocycles. The summed E-state index contributed by atoms with van der Waals surface area (Å²) in [5.41, 5.74) is 0. The average molecular weight is 335 g/mol. The summed E-state index contributed by atoms with van der Waals surface area (Å²) in [5, 5.41) is 27.7. The predicted molar refractivity (Wildman–Crippen MR) is 75.4 cm³/mol. The molecular formula is C13H21BrNO4+. The van der Waals surface area contributed by atoms with E-state index in [0.29, 0.717) is 25.4 Å². The zero-order valence-corrected chi connectivity index (χ0v) is 12.3. The third-order valence-electron chi connectivity index (χ3n) is 2.71. The Kier molecular flexibility index (Phi) is 8.00. The molecule has 0 aliphatic heterocycles. The van der Waals surface area contributed by atoms with E-state index >= 15 is 0 Å². The van der Waals surface area contributed by atoms with Crippen LogP contribution in [0.2, 0.25) is 0 Å². The fraction of sp³-hybridized carbons (Fsp3) is 0.538. The molecule has 19 heavy (non-hydrogen) atoms. The molecule has 6 heteroatoms. The van der Waals surface area contributed by atoms with Crippen molar-refractivity contribution < 1.29 is 25.0 Å². The number of rotatable bonds is 9. The standard InChI is InChI=1S/C13H20BrNO4/c14-11-1-3-13(4-2-11)19-10-12(18)9-15(5-7-16)6-8-17/h1-4,12,16-18H,5-10H2/p+1. The molecule has 0 aliphatic carbocycles. The van der Waals surface area contributed by atoms with Gasteiger partial charge in [0.2, 0.25) is 0 Å². The summed E-state index contributed by atoms with van der Waals surface area (Å²) < 4.78 is 6.44. The van der Waals surface area contributed by atoms with E-state index < -0.39 is 6.10 Å². The molecule has 0 amide bonds. The maximum absolute atomic E-state index is 9.87. The Hall–Kier alpha value is -0.660. The van der Waals surface area contributed by atoms with Gasteiger partial charge in [0.05, 0.1) is 13.2 Å². The molecular weight excluding hydrogens is 314 g/mol. The van der Waals surface area contributed by atoms with E-state index in [1.54, 1.807) is 0 Å². The van der Waals surface area contributed by atoms with Gasteiger partial charge in [-0.2, -0.15) is 0 Å². The second-order valence-corrected chi connectivity index (χ2v) is 5.24. The van der Waals surface area contributed by atoms with Crippen molar-refractivity contribution in [3.63, 3.8) is 0 Å². The van der Waals surface area contributed by atoms with Crippen molar-refractivity contribution in [3.8, 4) is 5.75 Å². The number of benzene rings is 1. The van der Waals surface area contributed by atoms with Gasteiger partial charge in [0.15, 0.2) is 0 Å². The zero-order valence-electron chi connectivity index (χ0n) is 10.8. The summed E-state index contributed by atoms with van der Waals surface area (Å²) in [6.45, 7) is 1.73. The van der Waals surface area contributed by atoms with Crippen LogP contribution in [-0.4, -0.2) is 60.9 Å². The molecule has 0 aromatic heterocycles. The van der Waals surface area contributed by atoms with Crippen LogP contribution in [-0.2, 0) is 0 Å². The highest BCUT2D eigenvalue weighted by atomic mass is 79.9. The Labute approximate surface area is 121 Å². The molecule has 5 nitrogen and oxygen atoms in total. The zero-order chi connectivity index (χ0) is 14.1. The van der Waals surface area contributed by atoms with Crippen LogP contribution in [0.4, 0.5) is 0 Å². The summed E-state index contributed by atoms with van der Waals surface area (Å²) in [5.74, 6) is 0.702. The first-order valence-corrected chi connectivity index (χ1v) is 7.06. The maximum Gasteiger partial charge on any atom is 0.137 e. The van der Waals surface area contributed by atoms with Gasteiger partial charge in [0, 0.05) is 4.47 Å². The highest BCUT2D eigenvalue weighted by Crippen LogP contribution is 2.15. The van der Waals surface area contributed by atoms with E-state index in [9.17, 15) is 5.11 Å². The number of halogens is 1. The van der Waals surface area contributed by atoms with Crippen LogP contribution in [0.1, 0.15) is 0 Å². The van der Waals surface area contributed by atoms with Crippen molar-refractivity contribution in [1.29, 1.82) is 0 Å². The smallest absolute Gasteiger partial charge is 0.137 e. The van der Waals surface area contributed by atoms with Gasteiger partial charge >= 0.3 is 0 Å². The molecule has 4 N–H and O–H groups in total. The lowest BCUT2D eigenvalue weighted by Crippen LogP contribution is -3.14. The van der Waals surface area contributed by atoms with Crippen LogP contribution in [0.25, 0.3) is 0 Å². The van der Waals surface area contributed by atoms with E-state index in [-0.39, 0.29) is 19.8 Å². The molecule has 1 rings (SSSR count). The third-order valence-corrected chi connectivity index (χ3v) is 3.24. The Morgan fingerprint density at radius 1 is 1.11 bits per heavy atom. The third kappa shape index (κ3) is 6.89. The highest BCUT2D eigenvalue weighted by molar-refractivity contribution is 9.10. The fourth-order valence-electron chi connectivity index (χ4n) is 1.76. The van der Waals surface area contributed by atoms with Gasteiger partial charge in [0.1, 0.15) is 38.1 Å². The Balaban J connectivity index is 2.33. The van der Waals surface area contributed by atoms with Gasteiger partial charge < -0.3 is 25.0 Å². The summed E-state index contributed by atoms with van der Waals surface area (Å²) in [6.07, 6.45) is -0.628. The van der Waals surface area contributed by atoms with Crippen LogP contribution in [0.3, 0.4) is 0 Å². The Bertz CT molecular complexity index is 341. The van der Waals surface area contributed by atoms with Crippen LogP contribution in [0.5, 0.6) is 5.75 Å². The van der Waals surface area contributed by atoms with E-state index in [1.165, 1.54) is 0 Å². The minimum absolute atomic E-state index is 0.0373. The summed E-state index contributed by atoms with van der Waals surface area (Å²) in [6, 6.07) is 7.39. The second-order valence-electron chi connectivity index (χ2n) is 4.32.